The zero-order valence-corrected chi connectivity index (χ0v) is 22.8. The van der Waals surface area contributed by atoms with E-state index in [4.69, 9.17) is 16.3 Å². The standard InChI is InChI=1S/C32H37ClN2O3/c1-24-17-19-28(20-18-24)38-21-9-16-31(36)35(23-26-12-5-8-15-29(26)33)30(22-25-10-3-2-4-11-25)32(37)34-27-13-6-7-14-27/h2-5,8,10-12,15,17-20,27,30H,6-7,9,13-14,16,21-23H2,1H3,(H,34,37)/t30-/m1/s1. The Balaban J connectivity index is 1.52. The first-order chi connectivity index (χ1) is 18.5. The van der Waals surface area contributed by atoms with Crippen LogP contribution in [-0.4, -0.2) is 35.4 Å². The van der Waals surface area contributed by atoms with Gasteiger partial charge >= 0.3 is 0 Å². The van der Waals surface area contributed by atoms with E-state index in [2.05, 4.69) is 5.32 Å². The highest BCUT2D eigenvalue weighted by atomic mass is 35.5. The number of hydrogen-bond acceptors (Lipinski definition) is 3. The number of halogens is 1. The minimum absolute atomic E-state index is 0.0834. The topological polar surface area (TPSA) is 58.6 Å². The number of rotatable bonds is 12. The predicted octanol–water partition coefficient (Wildman–Crippen LogP) is 6.51. The highest BCUT2D eigenvalue weighted by Crippen LogP contribution is 2.23. The molecule has 0 saturated heterocycles. The third kappa shape index (κ3) is 8.09. The normalized spacial score (nSPS) is 14.2. The summed E-state index contributed by atoms with van der Waals surface area (Å²) in [6.45, 7) is 2.73. The van der Waals surface area contributed by atoms with Gasteiger partial charge in [-0.25, -0.2) is 0 Å². The number of carbonyl (C=O) groups excluding carboxylic acids is 2. The van der Waals surface area contributed by atoms with Crippen LogP contribution in [0.4, 0.5) is 0 Å². The fourth-order valence-electron chi connectivity index (χ4n) is 4.92. The molecule has 1 aliphatic rings. The lowest BCUT2D eigenvalue weighted by molar-refractivity contribution is -0.141. The maximum atomic E-state index is 13.7. The van der Waals surface area contributed by atoms with Crippen molar-refractivity contribution in [2.45, 2.75) is 70.5 Å². The maximum Gasteiger partial charge on any atom is 0.243 e. The molecule has 0 aliphatic heterocycles. The molecule has 0 bridgehead atoms. The number of carbonyl (C=O) groups is 2. The summed E-state index contributed by atoms with van der Waals surface area (Å²) >= 11 is 6.50. The molecular weight excluding hydrogens is 496 g/mol. The number of hydrogen-bond donors (Lipinski definition) is 1. The van der Waals surface area contributed by atoms with E-state index < -0.39 is 6.04 Å². The van der Waals surface area contributed by atoms with Crippen molar-refractivity contribution in [1.82, 2.24) is 10.2 Å². The first-order valence-corrected chi connectivity index (χ1v) is 13.9. The predicted molar refractivity (Wildman–Crippen MR) is 152 cm³/mol. The van der Waals surface area contributed by atoms with Crippen LogP contribution in [0, 0.1) is 6.92 Å². The van der Waals surface area contributed by atoms with Crippen LogP contribution < -0.4 is 10.1 Å². The number of amides is 2. The van der Waals surface area contributed by atoms with E-state index in [1.165, 1.54) is 5.56 Å². The fraction of sp³-hybridized carbons (Fsp3) is 0.375. The molecule has 1 saturated carbocycles. The van der Waals surface area contributed by atoms with Gasteiger partial charge < -0.3 is 15.0 Å². The molecule has 200 valence electrons. The summed E-state index contributed by atoms with van der Waals surface area (Å²) in [7, 11) is 0. The van der Waals surface area contributed by atoms with E-state index in [1.807, 2.05) is 85.8 Å². The first-order valence-electron chi connectivity index (χ1n) is 13.6. The lowest BCUT2D eigenvalue weighted by Crippen LogP contribution is -2.52. The molecule has 3 aromatic rings. The van der Waals surface area contributed by atoms with Crippen molar-refractivity contribution < 1.29 is 14.3 Å². The highest BCUT2D eigenvalue weighted by molar-refractivity contribution is 6.31. The van der Waals surface area contributed by atoms with Crippen LogP contribution in [0.3, 0.4) is 0 Å². The Labute approximate surface area is 231 Å². The second-order valence-corrected chi connectivity index (χ2v) is 10.5. The molecule has 0 radical (unpaired) electrons. The third-order valence-corrected chi connectivity index (χ3v) is 7.46. The van der Waals surface area contributed by atoms with Crippen molar-refractivity contribution >= 4 is 23.4 Å². The average molecular weight is 533 g/mol. The molecule has 1 aliphatic carbocycles. The minimum Gasteiger partial charge on any atom is -0.494 e. The van der Waals surface area contributed by atoms with Gasteiger partial charge in [-0.3, -0.25) is 9.59 Å². The van der Waals surface area contributed by atoms with Crippen LogP contribution in [-0.2, 0) is 22.6 Å². The van der Waals surface area contributed by atoms with Crippen LogP contribution in [0.5, 0.6) is 5.75 Å². The Morgan fingerprint density at radius 1 is 0.974 bits per heavy atom. The van der Waals surface area contributed by atoms with E-state index in [0.29, 0.717) is 24.5 Å². The molecule has 4 rings (SSSR count). The smallest absolute Gasteiger partial charge is 0.243 e. The van der Waals surface area contributed by atoms with Crippen LogP contribution in [0.1, 0.15) is 55.2 Å². The molecule has 0 heterocycles. The second-order valence-electron chi connectivity index (χ2n) is 10.1. The molecule has 0 aromatic heterocycles. The van der Waals surface area contributed by atoms with Gasteiger partial charge in [0.05, 0.1) is 6.61 Å². The minimum atomic E-state index is -0.639. The largest absolute Gasteiger partial charge is 0.494 e. The zero-order chi connectivity index (χ0) is 26.7. The van der Waals surface area contributed by atoms with Crippen molar-refractivity contribution in [3.8, 4) is 5.75 Å². The van der Waals surface area contributed by atoms with Crippen molar-refractivity contribution in [2.75, 3.05) is 6.61 Å². The van der Waals surface area contributed by atoms with Gasteiger partial charge in [-0.1, -0.05) is 90.7 Å². The van der Waals surface area contributed by atoms with E-state index in [1.54, 1.807) is 4.90 Å². The van der Waals surface area contributed by atoms with Crippen molar-refractivity contribution in [3.05, 3.63) is 101 Å². The molecule has 5 nitrogen and oxygen atoms in total. The molecule has 1 atom stereocenters. The van der Waals surface area contributed by atoms with Gasteiger partial charge in [0.1, 0.15) is 11.8 Å². The quantitative estimate of drug-likeness (QED) is 0.271. The second kappa shape index (κ2) is 14.0. The van der Waals surface area contributed by atoms with Gasteiger partial charge in [0.2, 0.25) is 11.8 Å². The van der Waals surface area contributed by atoms with Crippen molar-refractivity contribution in [3.63, 3.8) is 0 Å². The van der Waals surface area contributed by atoms with Crippen molar-refractivity contribution in [2.24, 2.45) is 0 Å². The lowest BCUT2D eigenvalue weighted by atomic mass is 10.0. The number of ether oxygens (including phenoxy) is 1. The molecule has 1 fully saturated rings. The van der Waals surface area contributed by atoms with Crippen LogP contribution in [0.15, 0.2) is 78.9 Å². The molecule has 0 unspecified atom stereocenters. The third-order valence-electron chi connectivity index (χ3n) is 7.10. The molecule has 38 heavy (non-hydrogen) atoms. The van der Waals surface area contributed by atoms with Crippen LogP contribution in [0.25, 0.3) is 0 Å². The SMILES string of the molecule is Cc1ccc(OCCCC(=O)N(Cc2ccccc2Cl)[C@H](Cc2ccccc2)C(=O)NC2CCCC2)cc1. The monoisotopic (exact) mass is 532 g/mol. The summed E-state index contributed by atoms with van der Waals surface area (Å²) in [6, 6.07) is 24.8. The Morgan fingerprint density at radius 2 is 1.66 bits per heavy atom. The summed E-state index contributed by atoms with van der Waals surface area (Å²) in [6.07, 6.45) is 5.48. The number of nitrogens with zero attached hydrogens (tertiary/aromatic N) is 1. The number of aryl methyl sites for hydroxylation is 1. The summed E-state index contributed by atoms with van der Waals surface area (Å²) in [4.78, 5) is 29.2. The molecular formula is C32H37ClN2O3. The molecule has 2 amide bonds. The molecule has 1 N–H and O–H groups in total. The summed E-state index contributed by atoms with van der Waals surface area (Å²) < 4.78 is 5.85. The van der Waals surface area contributed by atoms with Gasteiger partial charge in [0.25, 0.3) is 0 Å². The first kappa shape index (κ1) is 27.7. The average Bonchev–Trinajstić information content (AvgIpc) is 3.44. The van der Waals surface area contributed by atoms with Crippen molar-refractivity contribution in [1.29, 1.82) is 0 Å². The van der Waals surface area contributed by atoms with Gasteiger partial charge in [-0.15, -0.1) is 0 Å². The zero-order valence-electron chi connectivity index (χ0n) is 22.1. The molecule has 0 spiro atoms. The fourth-order valence-corrected chi connectivity index (χ4v) is 5.12. The summed E-state index contributed by atoms with van der Waals surface area (Å²) in [5.41, 5.74) is 3.01. The molecule has 6 heteroatoms. The Morgan fingerprint density at radius 3 is 2.37 bits per heavy atom. The Hall–Kier alpha value is -3.31. The van der Waals surface area contributed by atoms with E-state index >= 15 is 0 Å². The number of benzene rings is 3. The van der Waals surface area contributed by atoms with E-state index in [9.17, 15) is 9.59 Å². The van der Waals surface area contributed by atoms with Crippen LogP contribution >= 0.6 is 11.6 Å². The highest BCUT2D eigenvalue weighted by Gasteiger charge is 2.32. The summed E-state index contributed by atoms with van der Waals surface area (Å²) in [5, 5.41) is 3.82. The van der Waals surface area contributed by atoms with E-state index in [-0.39, 0.29) is 30.8 Å². The summed E-state index contributed by atoms with van der Waals surface area (Å²) in [5.74, 6) is 0.603. The lowest BCUT2D eigenvalue weighted by Gasteiger charge is -2.32. The van der Waals surface area contributed by atoms with Gasteiger partial charge in [-0.05, 0) is 55.5 Å². The Kier molecular flexibility index (Phi) is 10.2. The Bertz CT molecular complexity index is 1180. The number of nitrogens with one attached hydrogen (secondary N) is 1. The van der Waals surface area contributed by atoms with Gasteiger partial charge in [0, 0.05) is 30.5 Å². The maximum absolute atomic E-state index is 13.7. The van der Waals surface area contributed by atoms with Gasteiger partial charge in [0.15, 0.2) is 0 Å². The van der Waals surface area contributed by atoms with Gasteiger partial charge in [-0.2, -0.15) is 0 Å². The molecule has 3 aromatic carbocycles. The van der Waals surface area contributed by atoms with Crippen LogP contribution in [0.2, 0.25) is 5.02 Å². The van der Waals surface area contributed by atoms with E-state index in [0.717, 1.165) is 42.6 Å².